The average molecular weight is 228 g/mol. The molecule has 1 fully saturated rings. The van der Waals surface area contributed by atoms with Crippen LogP contribution in [-0.2, 0) is 0 Å². The van der Waals surface area contributed by atoms with Crippen LogP contribution >= 0.6 is 0 Å². The molecular weight excluding hydrogens is 198 g/mol. The van der Waals surface area contributed by atoms with E-state index >= 15 is 0 Å². The maximum Gasteiger partial charge on any atom is 0.0786 e. The minimum atomic E-state index is 0.370. The summed E-state index contributed by atoms with van der Waals surface area (Å²) < 4.78 is 1.39. The summed E-state index contributed by atoms with van der Waals surface area (Å²) in [7, 11) is 0. The molecule has 96 valence electrons. The van der Waals surface area contributed by atoms with Crippen LogP contribution in [-0.4, -0.2) is 42.4 Å². The summed E-state index contributed by atoms with van der Waals surface area (Å²) in [6.45, 7) is 8.30. The second-order valence-electron chi connectivity index (χ2n) is 5.38. The monoisotopic (exact) mass is 228 g/mol. The molecule has 0 bridgehead atoms. The molecule has 1 heterocycles. The number of rotatable bonds is 8. The maximum absolute atomic E-state index is 8.70. The van der Waals surface area contributed by atoms with E-state index in [4.69, 9.17) is 5.11 Å². The number of likely N-dealkylation sites (tertiary alicyclic amines) is 1. The molecule has 1 aliphatic rings. The van der Waals surface area contributed by atoms with Crippen molar-refractivity contribution in [2.24, 2.45) is 0 Å². The van der Waals surface area contributed by atoms with Gasteiger partial charge in [-0.1, -0.05) is 12.8 Å². The molecule has 16 heavy (non-hydrogen) atoms. The molecule has 2 nitrogen and oxygen atoms in total. The van der Waals surface area contributed by atoms with Crippen LogP contribution in [0.5, 0.6) is 0 Å². The van der Waals surface area contributed by atoms with Crippen molar-refractivity contribution in [1.29, 1.82) is 0 Å². The Morgan fingerprint density at radius 3 is 2.12 bits per heavy atom. The van der Waals surface area contributed by atoms with E-state index in [0.29, 0.717) is 6.61 Å². The highest BCUT2D eigenvalue weighted by molar-refractivity contribution is 4.54. The van der Waals surface area contributed by atoms with E-state index in [1.54, 1.807) is 0 Å². The molecule has 0 aromatic heterocycles. The van der Waals surface area contributed by atoms with Crippen molar-refractivity contribution in [2.45, 2.75) is 58.3 Å². The predicted molar refractivity (Wildman–Crippen MR) is 69.4 cm³/mol. The molecule has 1 N–H and O–H groups in total. The lowest BCUT2D eigenvalue weighted by molar-refractivity contribution is -0.931. The number of aliphatic hydroxyl groups excluding tert-OH is 1. The lowest BCUT2D eigenvalue weighted by atomic mass is 10.1. The normalized spacial score (nSPS) is 19.9. The Bertz CT molecular complexity index is 164. The lowest BCUT2D eigenvalue weighted by Crippen LogP contribution is -2.51. The Morgan fingerprint density at radius 2 is 1.50 bits per heavy atom. The van der Waals surface area contributed by atoms with Gasteiger partial charge >= 0.3 is 0 Å². The molecule has 0 spiro atoms. The Morgan fingerprint density at radius 1 is 0.875 bits per heavy atom. The van der Waals surface area contributed by atoms with Gasteiger partial charge in [0, 0.05) is 6.61 Å². The van der Waals surface area contributed by atoms with E-state index in [1.165, 1.54) is 75.6 Å². The largest absolute Gasteiger partial charge is 0.396 e. The lowest BCUT2D eigenvalue weighted by Gasteiger charge is -2.41. The molecule has 1 rings (SSSR count). The molecule has 0 radical (unpaired) electrons. The SMILES string of the molecule is CC[N+]1(CCCCCCCO)CCCCC1. The Hall–Kier alpha value is -0.0800. The fourth-order valence-corrected chi connectivity index (χ4v) is 2.97. The van der Waals surface area contributed by atoms with Crippen LogP contribution in [0.4, 0.5) is 0 Å². The number of nitrogens with zero attached hydrogens (tertiary/aromatic N) is 1. The fourth-order valence-electron chi connectivity index (χ4n) is 2.97. The smallest absolute Gasteiger partial charge is 0.0786 e. The molecule has 0 unspecified atom stereocenters. The minimum Gasteiger partial charge on any atom is -0.396 e. The van der Waals surface area contributed by atoms with Crippen molar-refractivity contribution in [2.75, 3.05) is 32.8 Å². The van der Waals surface area contributed by atoms with E-state index in [1.807, 2.05) is 0 Å². The van der Waals surface area contributed by atoms with Gasteiger partial charge in [0.05, 0.1) is 26.2 Å². The van der Waals surface area contributed by atoms with E-state index in [9.17, 15) is 0 Å². The summed E-state index contributed by atoms with van der Waals surface area (Å²) in [5, 5.41) is 8.70. The fraction of sp³-hybridized carbons (Fsp3) is 1.00. The molecule has 0 aromatic carbocycles. The zero-order chi connectivity index (χ0) is 11.7. The zero-order valence-electron chi connectivity index (χ0n) is 11.1. The van der Waals surface area contributed by atoms with Crippen LogP contribution in [0.2, 0.25) is 0 Å². The van der Waals surface area contributed by atoms with Gasteiger partial charge in [-0.15, -0.1) is 0 Å². The van der Waals surface area contributed by atoms with Crippen LogP contribution in [0.3, 0.4) is 0 Å². The number of hydrogen-bond donors (Lipinski definition) is 1. The summed E-state index contributed by atoms with van der Waals surface area (Å²) in [6, 6.07) is 0. The Balaban J connectivity index is 2.08. The highest BCUT2D eigenvalue weighted by Crippen LogP contribution is 2.20. The van der Waals surface area contributed by atoms with Gasteiger partial charge in [-0.25, -0.2) is 0 Å². The molecule has 0 atom stereocenters. The summed E-state index contributed by atoms with van der Waals surface area (Å²) in [5.74, 6) is 0. The van der Waals surface area contributed by atoms with E-state index in [-0.39, 0.29) is 0 Å². The van der Waals surface area contributed by atoms with Gasteiger partial charge in [0.1, 0.15) is 0 Å². The number of unbranched alkanes of at least 4 members (excludes halogenated alkanes) is 4. The second-order valence-corrected chi connectivity index (χ2v) is 5.38. The first-order valence-corrected chi connectivity index (χ1v) is 7.29. The average Bonchev–Trinajstić information content (AvgIpc) is 2.35. The van der Waals surface area contributed by atoms with E-state index in [0.717, 1.165) is 6.42 Å². The summed E-state index contributed by atoms with van der Waals surface area (Å²) in [4.78, 5) is 0. The highest BCUT2D eigenvalue weighted by Gasteiger charge is 2.26. The van der Waals surface area contributed by atoms with Crippen molar-refractivity contribution in [3.8, 4) is 0 Å². The van der Waals surface area contributed by atoms with Crippen LogP contribution in [0.25, 0.3) is 0 Å². The van der Waals surface area contributed by atoms with Crippen LogP contribution < -0.4 is 0 Å². The quantitative estimate of drug-likeness (QED) is 0.500. The van der Waals surface area contributed by atoms with Gasteiger partial charge in [0.15, 0.2) is 0 Å². The number of aliphatic hydroxyl groups is 1. The minimum absolute atomic E-state index is 0.370. The van der Waals surface area contributed by atoms with Gasteiger partial charge in [0.25, 0.3) is 0 Å². The standard InChI is InChI=1S/C14H30NO/c1-2-15(12-8-6-9-13-15)11-7-4-3-5-10-14-16/h16H,2-14H2,1H3/q+1. The van der Waals surface area contributed by atoms with E-state index < -0.39 is 0 Å². The number of piperidine rings is 1. The molecule has 0 aliphatic carbocycles. The number of quaternary nitrogens is 1. The van der Waals surface area contributed by atoms with Crippen molar-refractivity contribution in [3.05, 3.63) is 0 Å². The van der Waals surface area contributed by atoms with Gasteiger partial charge < -0.3 is 9.59 Å². The zero-order valence-corrected chi connectivity index (χ0v) is 11.1. The van der Waals surface area contributed by atoms with Crippen molar-refractivity contribution < 1.29 is 9.59 Å². The second kappa shape index (κ2) is 8.08. The third-order valence-corrected chi connectivity index (χ3v) is 4.23. The van der Waals surface area contributed by atoms with Crippen molar-refractivity contribution in [3.63, 3.8) is 0 Å². The molecule has 1 saturated heterocycles. The molecule has 0 amide bonds. The molecular formula is C14H30NO+. The third-order valence-electron chi connectivity index (χ3n) is 4.23. The first kappa shape index (κ1) is 14.0. The van der Waals surface area contributed by atoms with Gasteiger partial charge in [-0.3, -0.25) is 0 Å². The van der Waals surface area contributed by atoms with Gasteiger partial charge in [-0.05, 0) is 45.4 Å². The number of hydrogen-bond acceptors (Lipinski definition) is 1. The van der Waals surface area contributed by atoms with Crippen LogP contribution in [0.15, 0.2) is 0 Å². The van der Waals surface area contributed by atoms with Crippen LogP contribution in [0, 0.1) is 0 Å². The summed E-state index contributed by atoms with van der Waals surface area (Å²) >= 11 is 0. The van der Waals surface area contributed by atoms with Crippen molar-refractivity contribution in [1.82, 2.24) is 0 Å². The predicted octanol–water partition coefficient (Wildman–Crippen LogP) is 2.95. The molecule has 0 saturated carbocycles. The first-order chi connectivity index (χ1) is 7.83. The van der Waals surface area contributed by atoms with E-state index in [2.05, 4.69) is 6.92 Å². The Kier molecular flexibility index (Phi) is 7.06. The summed E-state index contributed by atoms with van der Waals surface area (Å²) in [6.07, 6.45) is 10.6. The van der Waals surface area contributed by atoms with Gasteiger partial charge in [-0.2, -0.15) is 0 Å². The first-order valence-electron chi connectivity index (χ1n) is 7.29. The van der Waals surface area contributed by atoms with Crippen molar-refractivity contribution >= 4 is 0 Å². The maximum atomic E-state index is 8.70. The summed E-state index contributed by atoms with van der Waals surface area (Å²) in [5.41, 5.74) is 0. The molecule has 0 aromatic rings. The molecule has 2 heteroatoms. The van der Waals surface area contributed by atoms with Crippen LogP contribution in [0.1, 0.15) is 58.3 Å². The highest BCUT2D eigenvalue weighted by atomic mass is 16.2. The van der Waals surface area contributed by atoms with Gasteiger partial charge in [0.2, 0.25) is 0 Å². The third kappa shape index (κ3) is 4.84. The molecule has 1 aliphatic heterocycles. The Labute approximate surface area is 101 Å². The topological polar surface area (TPSA) is 20.2 Å².